The zero-order valence-corrected chi connectivity index (χ0v) is 13.1. The molecule has 1 aromatic heterocycles. The Morgan fingerprint density at radius 3 is 2.87 bits per heavy atom. The summed E-state index contributed by atoms with van der Waals surface area (Å²) in [7, 11) is 0. The monoisotopic (exact) mass is 322 g/mol. The van der Waals surface area contributed by atoms with Gasteiger partial charge in [-0.1, -0.05) is 0 Å². The number of β-amino-alcohol motifs (C(OH)–C–C–N with tert-alkyl or cyclic N) is 1. The van der Waals surface area contributed by atoms with E-state index in [2.05, 4.69) is 9.88 Å². The minimum Gasteiger partial charge on any atom is -0.387 e. The highest BCUT2D eigenvalue weighted by atomic mass is 16.5. The van der Waals surface area contributed by atoms with Crippen molar-refractivity contribution in [1.82, 2.24) is 19.4 Å². The number of nitrogens with zero attached hydrogens (tertiary/aromatic N) is 4. The third-order valence-electron chi connectivity index (χ3n) is 4.39. The number of hydrogen-bond acceptors (Lipinski definition) is 6. The highest BCUT2D eigenvalue weighted by molar-refractivity contribution is 5.76. The Kier molecular flexibility index (Phi) is 4.74. The molecule has 23 heavy (non-hydrogen) atoms. The largest absolute Gasteiger partial charge is 0.387 e. The summed E-state index contributed by atoms with van der Waals surface area (Å²) in [6.07, 6.45) is 3.50. The third-order valence-corrected chi connectivity index (χ3v) is 4.39. The number of ether oxygens (including phenoxy) is 1. The zero-order valence-electron chi connectivity index (χ0n) is 13.1. The number of rotatable bonds is 4. The number of morpholine rings is 1. The highest BCUT2D eigenvalue weighted by Gasteiger charge is 2.39. The topological polar surface area (TPSA) is 87.9 Å². The second kappa shape index (κ2) is 6.77. The molecule has 1 atom stereocenters. The van der Waals surface area contributed by atoms with Gasteiger partial charge in [0.05, 0.1) is 25.4 Å². The fourth-order valence-corrected chi connectivity index (χ4v) is 3.13. The van der Waals surface area contributed by atoms with E-state index in [9.17, 15) is 14.7 Å². The van der Waals surface area contributed by atoms with E-state index in [-0.39, 0.29) is 12.5 Å². The molecule has 0 spiro atoms. The lowest BCUT2D eigenvalue weighted by Gasteiger charge is -2.33. The first kappa shape index (κ1) is 16.1. The van der Waals surface area contributed by atoms with E-state index in [0.717, 1.165) is 13.1 Å². The van der Waals surface area contributed by atoms with Gasteiger partial charge in [0.15, 0.2) is 0 Å². The fraction of sp³-hybridized carbons (Fsp3) is 0.667. The van der Waals surface area contributed by atoms with Crippen molar-refractivity contribution in [3.8, 4) is 0 Å². The molecule has 0 unspecified atom stereocenters. The molecular weight excluding hydrogens is 300 g/mol. The van der Waals surface area contributed by atoms with Crippen molar-refractivity contribution in [2.75, 3.05) is 45.9 Å². The molecule has 0 aliphatic carbocycles. The zero-order chi connectivity index (χ0) is 16.3. The number of amides is 1. The van der Waals surface area contributed by atoms with E-state index in [1.165, 1.54) is 10.8 Å². The Morgan fingerprint density at radius 2 is 2.13 bits per heavy atom. The summed E-state index contributed by atoms with van der Waals surface area (Å²) in [6, 6.07) is 1.62. The van der Waals surface area contributed by atoms with E-state index in [4.69, 9.17) is 4.74 Å². The van der Waals surface area contributed by atoms with Crippen molar-refractivity contribution in [2.24, 2.45) is 0 Å². The van der Waals surface area contributed by atoms with Crippen LogP contribution in [0, 0.1) is 0 Å². The smallest absolute Gasteiger partial charge is 0.347 e. The molecule has 1 amide bonds. The van der Waals surface area contributed by atoms with Crippen LogP contribution in [0.1, 0.15) is 6.42 Å². The average molecular weight is 322 g/mol. The van der Waals surface area contributed by atoms with Crippen molar-refractivity contribution >= 4 is 5.91 Å². The lowest BCUT2D eigenvalue weighted by molar-refractivity contribution is -0.132. The molecule has 2 aliphatic heterocycles. The Hall–Kier alpha value is -1.77. The van der Waals surface area contributed by atoms with Crippen LogP contribution in [0.25, 0.3) is 0 Å². The van der Waals surface area contributed by atoms with E-state index < -0.39 is 11.3 Å². The van der Waals surface area contributed by atoms with Crippen LogP contribution in [0.5, 0.6) is 0 Å². The van der Waals surface area contributed by atoms with Gasteiger partial charge < -0.3 is 14.7 Å². The number of carbonyl (C=O) groups excluding carboxylic acids is 1. The number of likely N-dealkylation sites (tertiary alicyclic amines) is 1. The van der Waals surface area contributed by atoms with Crippen molar-refractivity contribution in [3.05, 3.63) is 28.9 Å². The quantitative estimate of drug-likeness (QED) is 0.729. The summed E-state index contributed by atoms with van der Waals surface area (Å²) < 4.78 is 6.59. The summed E-state index contributed by atoms with van der Waals surface area (Å²) in [6.45, 7) is 4.30. The van der Waals surface area contributed by atoms with Crippen LogP contribution in [0.15, 0.2) is 23.3 Å². The number of aliphatic hydroxyl groups is 1. The third kappa shape index (κ3) is 3.95. The van der Waals surface area contributed by atoms with Gasteiger partial charge in [-0.15, -0.1) is 0 Å². The van der Waals surface area contributed by atoms with Gasteiger partial charge >= 0.3 is 5.69 Å². The van der Waals surface area contributed by atoms with Crippen molar-refractivity contribution < 1.29 is 14.6 Å². The molecule has 2 aliphatic rings. The van der Waals surface area contributed by atoms with Crippen LogP contribution in [0.3, 0.4) is 0 Å². The van der Waals surface area contributed by atoms with Crippen molar-refractivity contribution in [2.45, 2.75) is 18.6 Å². The molecule has 0 bridgehead atoms. The molecule has 126 valence electrons. The van der Waals surface area contributed by atoms with E-state index >= 15 is 0 Å². The molecule has 8 nitrogen and oxygen atoms in total. The molecule has 0 aromatic carbocycles. The van der Waals surface area contributed by atoms with Gasteiger partial charge in [-0.2, -0.15) is 0 Å². The second-order valence-corrected chi connectivity index (χ2v) is 6.21. The predicted molar refractivity (Wildman–Crippen MR) is 81.9 cm³/mol. The van der Waals surface area contributed by atoms with Crippen LogP contribution in [-0.4, -0.2) is 81.9 Å². The average Bonchev–Trinajstić information content (AvgIpc) is 2.93. The molecule has 8 heteroatoms. The number of carbonyl (C=O) groups is 1. The van der Waals surface area contributed by atoms with Gasteiger partial charge in [0.2, 0.25) is 5.91 Å². The standard InChI is InChI=1S/C15H22N4O4/c20-13(10-18-4-1-3-16-14(18)21)19-5-2-15(22,12-19)11-17-6-8-23-9-7-17/h1,3-4,22H,2,5-12H2/t15-/m1/s1. The minimum absolute atomic E-state index is 0.0414. The first-order valence-corrected chi connectivity index (χ1v) is 7.87. The van der Waals surface area contributed by atoms with Crippen LogP contribution in [0.4, 0.5) is 0 Å². The molecular formula is C15H22N4O4. The summed E-state index contributed by atoms with van der Waals surface area (Å²) in [5, 5.41) is 10.7. The van der Waals surface area contributed by atoms with Crippen LogP contribution < -0.4 is 5.69 Å². The van der Waals surface area contributed by atoms with Crippen LogP contribution >= 0.6 is 0 Å². The molecule has 2 saturated heterocycles. The predicted octanol–water partition coefficient (Wildman–Crippen LogP) is -1.46. The van der Waals surface area contributed by atoms with Gasteiger partial charge in [-0.3, -0.25) is 14.3 Å². The summed E-state index contributed by atoms with van der Waals surface area (Å²) in [5.74, 6) is -0.169. The summed E-state index contributed by atoms with van der Waals surface area (Å²) >= 11 is 0. The Bertz CT molecular complexity index is 613. The maximum Gasteiger partial charge on any atom is 0.347 e. The summed E-state index contributed by atoms with van der Waals surface area (Å²) in [5.41, 5.74) is -1.32. The maximum atomic E-state index is 12.3. The molecule has 0 saturated carbocycles. The van der Waals surface area contributed by atoms with Crippen molar-refractivity contribution in [3.63, 3.8) is 0 Å². The first-order valence-electron chi connectivity index (χ1n) is 7.87. The molecule has 1 N–H and O–H groups in total. The first-order chi connectivity index (χ1) is 11.1. The SMILES string of the molecule is O=C(Cn1cccnc1=O)N1CC[C@@](O)(CN2CCOCC2)C1. The normalized spacial score (nSPS) is 25.7. The van der Waals surface area contributed by atoms with Gasteiger partial charge in [0, 0.05) is 38.6 Å². The molecule has 2 fully saturated rings. The van der Waals surface area contributed by atoms with Gasteiger partial charge in [-0.25, -0.2) is 9.78 Å². The van der Waals surface area contributed by atoms with Crippen LogP contribution in [-0.2, 0) is 16.1 Å². The highest BCUT2D eigenvalue weighted by Crippen LogP contribution is 2.23. The Morgan fingerprint density at radius 1 is 1.35 bits per heavy atom. The molecule has 3 heterocycles. The molecule has 1 aromatic rings. The number of hydrogen-bond donors (Lipinski definition) is 1. The number of aromatic nitrogens is 2. The van der Waals surface area contributed by atoms with Crippen molar-refractivity contribution in [1.29, 1.82) is 0 Å². The summed E-state index contributed by atoms with van der Waals surface area (Å²) in [4.78, 5) is 31.3. The Balaban J connectivity index is 1.57. The lowest BCUT2D eigenvalue weighted by Crippen LogP contribution is -2.49. The fourth-order valence-electron chi connectivity index (χ4n) is 3.13. The Labute approximate surface area is 134 Å². The second-order valence-electron chi connectivity index (χ2n) is 6.21. The lowest BCUT2D eigenvalue weighted by atomic mass is 10.0. The minimum atomic E-state index is -0.882. The molecule has 3 rings (SSSR count). The maximum absolute atomic E-state index is 12.3. The van der Waals surface area contributed by atoms with E-state index in [1.54, 1.807) is 17.2 Å². The van der Waals surface area contributed by atoms with Gasteiger partial charge in [0.1, 0.15) is 6.54 Å². The van der Waals surface area contributed by atoms with E-state index in [1.807, 2.05) is 0 Å². The van der Waals surface area contributed by atoms with Crippen LogP contribution in [0.2, 0.25) is 0 Å². The van der Waals surface area contributed by atoms with Gasteiger partial charge in [0.25, 0.3) is 0 Å². The van der Waals surface area contributed by atoms with Gasteiger partial charge in [-0.05, 0) is 12.5 Å². The van der Waals surface area contributed by atoms with E-state index in [0.29, 0.717) is 39.3 Å². The molecule has 0 radical (unpaired) electrons.